The van der Waals surface area contributed by atoms with E-state index in [-0.39, 0.29) is 5.82 Å². The summed E-state index contributed by atoms with van der Waals surface area (Å²) in [6, 6.07) is 9.76. The Kier molecular flexibility index (Phi) is 4.85. The molecular formula is C17H17N3O6. The van der Waals surface area contributed by atoms with Gasteiger partial charge in [0.1, 0.15) is 29.9 Å². The van der Waals surface area contributed by atoms with Crippen molar-refractivity contribution >= 4 is 11.7 Å². The monoisotopic (exact) mass is 359 g/mol. The van der Waals surface area contributed by atoms with Gasteiger partial charge in [-0.1, -0.05) is 24.8 Å². The molecule has 26 heavy (non-hydrogen) atoms. The van der Waals surface area contributed by atoms with Crippen LogP contribution < -0.4 is 11.0 Å². The van der Waals surface area contributed by atoms with Gasteiger partial charge < -0.3 is 25.4 Å². The van der Waals surface area contributed by atoms with Crippen LogP contribution in [0.5, 0.6) is 0 Å². The number of hydrogen-bond donors (Lipinski definition) is 4. The fraction of sp³-hybridized carbons (Fsp3) is 0.235. The number of nitrogens with zero attached hydrogens (tertiary/aromatic N) is 2. The Balaban J connectivity index is 1.79. The van der Waals surface area contributed by atoms with Gasteiger partial charge in [0.2, 0.25) is 0 Å². The summed E-state index contributed by atoms with van der Waals surface area (Å²) in [6.07, 6.45) is -4.12. The van der Waals surface area contributed by atoms with Crippen LogP contribution in [0.15, 0.2) is 59.7 Å². The number of benzene rings is 1. The summed E-state index contributed by atoms with van der Waals surface area (Å²) in [5.41, 5.74) is -0.406. The summed E-state index contributed by atoms with van der Waals surface area (Å²) >= 11 is 0. The van der Waals surface area contributed by atoms with Crippen LogP contribution in [0.2, 0.25) is 0 Å². The van der Waals surface area contributed by atoms with E-state index in [1.807, 2.05) is 0 Å². The molecule has 0 bridgehead atoms. The Morgan fingerprint density at radius 2 is 1.88 bits per heavy atom. The summed E-state index contributed by atoms with van der Waals surface area (Å²) in [4.78, 5) is 28.0. The van der Waals surface area contributed by atoms with Crippen molar-refractivity contribution in [1.82, 2.24) is 9.55 Å². The molecule has 2 aromatic rings. The van der Waals surface area contributed by atoms with Gasteiger partial charge in [0, 0.05) is 11.8 Å². The number of aromatic nitrogens is 2. The third-order valence-electron chi connectivity index (χ3n) is 3.95. The average Bonchev–Trinajstić information content (AvgIpc) is 2.91. The molecule has 1 aromatic carbocycles. The number of nitrogens with one attached hydrogen (secondary N) is 1. The van der Waals surface area contributed by atoms with Crippen LogP contribution in [0.25, 0.3) is 0 Å². The minimum absolute atomic E-state index is 0.0243. The molecule has 4 N–H and O–H groups in total. The lowest BCUT2D eigenvalue weighted by Gasteiger charge is -2.17. The second-order valence-electron chi connectivity index (χ2n) is 5.74. The van der Waals surface area contributed by atoms with Gasteiger partial charge in [-0.2, -0.15) is 4.98 Å². The number of carbonyl (C=O) groups excluding carboxylic acids is 1. The molecule has 0 spiro atoms. The Bertz CT molecular complexity index is 882. The molecule has 1 aliphatic rings. The first-order valence-electron chi connectivity index (χ1n) is 7.73. The third-order valence-corrected chi connectivity index (χ3v) is 3.95. The van der Waals surface area contributed by atoms with Crippen LogP contribution in [0, 0.1) is 0 Å². The lowest BCUT2D eigenvalue weighted by atomic mass is 10.1. The van der Waals surface area contributed by atoms with Crippen molar-refractivity contribution in [3.63, 3.8) is 0 Å². The lowest BCUT2D eigenvalue weighted by molar-refractivity contribution is -0.0386. The Labute approximate surface area is 147 Å². The number of aliphatic hydroxyl groups is 3. The molecule has 0 saturated carbocycles. The minimum Gasteiger partial charge on any atom is -0.510 e. The number of amides is 1. The van der Waals surface area contributed by atoms with Crippen LogP contribution in [0.1, 0.15) is 16.6 Å². The summed E-state index contributed by atoms with van der Waals surface area (Å²) in [5.74, 6) is -0.873. The molecule has 136 valence electrons. The number of carbonyl (C=O) groups is 1. The predicted molar refractivity (Wildman–Crippen MR) is 90.6 cm³/mol. The number of anilines is 1. The normalized spacial score (nSPS) is 25.0. The summed E-state index contributed by atoms with van der Waals surface area (Å²) in [7, 11) is 0. The second-order valence-corrected chi connectivity index (χ2v) is 5.74. The van der Waals surface area contributed by atoms with Crippen molar-refractivity contribution in [2.75, 3.05) is 5.32 Å². The molecule has 0 aliphatic carbocycles. The van der Waals surface area contributed by atoms with E-state index in [0.717, 1.165) is 4.57 Å². The van der Waals surface area contributed by atoms with Crippen molar-refractivity contribution in [2.24, 2.45) is 0 Å². The number of rotatable bonds is 4. The van der Waals surface area contributed by atoms with E-state index in [0.29, 0.717) is 5.56 Å². The molecule has 4 atom stereocenters. The maximum atomic E-state index is 12.2. The van der Waals surface area contributed by atoms with Crippen LogP contribution in [0.4, 0.5) is 5.82 Å². The van der Waals surface area contributed by atoms with Gasteiger partial charge in [-0.3, -0.25) is 9.36 Å². The van der Waals surface area contributed by atoms with Crippen molar-refractivity contribution in [2.45, 2.75) is 24.5 Å². The zero-order chi connectivity index (χ0) is 18.8. The molecule has 1 amide bonds. The van der Waals surface area contributed by atoms with E-state index >= 15 is 0 Å². The summed E-state index contributed by atoms with van der Waals surface area (Å²) < 4.78 is 6.24. The zero-order valence-electron chi connectivity index (χ0n) is 13.5. The van der Waals surface area contributed by atoms with E-state index in [9.17, 15) is 24.9 Å². The van der Waals surface area contributed by atoms with E-state index in [1.54, 1.807) is 30.3 Å². The van der Waals surface area contributed by atoms with Gasteiger partial charge >= 0.3 is 5.69 Å². The lowest BCUT2D eigenvalue weighted by Crippen LogP contribution is -2.36. The molecule has 1 aromatic heterocycles. The summed E-state index contributed by atoms with van der Waals surface area (Å²) in [6.45, 7) is 3.26. The van der Waals surface area contributed by atoms with Crippen LogP contribution in [-0.4, -0.2) is 49.1 Å². The zero-order valence-corrected chi connectivity index (χ0v) is 13.5. The first-order valence-corrected chi connectivity index (χ1v) is 7.73. The highest BCUT2D eigenvalue weighted by Gasteiger charge is 2.45. The molecule has 1 saturated heterocycles. The average molecular weight is 359 g/mol. The molecule has 1 aliphatic heterocycles. The van der Waals surface area contributed by atoms with Gasteiger partial charge in [-0.15, -0.1) is 0 Å². The Hall–Kier alpha value is -3.01. The Morgan fingerprint density at radius 3 is 2.46 bits per heavy atom. The largest absolute Gasteiger partial charge is 0.510 e. The van der Waals surface area contributed by atoms with Gasteiger partial charge in [-0.05, 0) is 18.2 Å². The fourth-order valence-electron chi connectivity index (χ4n) is 2.62. The number of ether oxygens (including phenoxy) is 1. The van der Waals surface area contributed by atoms with Gasteiger partial charge in [0.05, 0.1) is 0 Å². The maximum absolute atomic E-state index is 12.2. The molecule has 1 fully saturated rings. The topological polar surface area (TPSA) is 134 Å². The van der Waals surface area contributed by atoms with E-state index < -0.39 is 41.9 Å². The third kappa shape index (κ3) is 3.36. The SMILES string of the molecule is C=C(O)[C@H]1O[C@@H](n2ccc(NC(=O)c3ccccc3)nc2=O)[C@H](O)[C@@H]1O. The van der Waals surface area contributed by atoms with Crippen LogP contribution in [0.3, 0.4) is 0 Å². The number of hydrogen-bond acceptors (Lipinski definition) is 7. The highest BCUT2D eigenvalue weighted by Crippen LogP contribution is 2.30. The molecule has 0 unspecified atom stereocenters. The predicted octanol–water partition coefficient (Wildman–Crippen LogP) is 0.186. The molecular weight excluding hydrogens is 342 g/mol. The van der Waals surface area contributed by atoms with Crippen LogP contribution >= 0.6 is 0 Å². The minimum atomic E-state index is -1.46. The first kappa shape index (κ1) is 17.8. The van der Waals surface area contributed by atoms with Crippen LogP contribution in [-0.2, 0) is 4.74 Å². The van der Waals surface area contributed by atoms with Crippen molar-refractivity contribution in [1.29, 1.82) is 0 Å². The van der Waals surface area contributed by atoms with E-state index in [4.69, 9.17) is 4.74 Å². The molecule has 2 heterocycles. The van der Waals surface area contributed by atoms with Gasteiger partial charge in [0.15, 0.2) is 6.23 Å². The van der Waals surface area contributed by atoms with Crippen molar-refractivity contribution in [3.05, 3.63) is 71.0 Å². The smallest absolute Gasteiger partial charge is 0.351 e. The first-order chi connectivity index (χ1) is 12.4. The summed E-state index contributed by atoms with van der Waals surface area (Å²) in [5, 5.41) is 31.8. The van der Waals surface area contributed by atoms with E-state index in [2.05, 4.69) is 16.9 Å². The van der Waals surface area contributed by atoms with Crippen molar-refractivity contribution < 1.29 is 24.9 Å². The quantitative estimate of drug-likeness (QED) is 0.572. The van der Waals surface area contributed by atoms with Gasteiger partial charge in [-0.25, -0.2) is 4.79 Å². The van der Waals surface area contributed by atoms with Crippen molar-refractivity contribution in [3.8, 4) is 0 Å². The standard InChI is InChI=1S/C17H17N3O6/c1-9(21)14-12(22)13(23)16(26-14)20-8-7-11(19-17(20)25)18-15(24)10-5-3-2-4-6-10/h2-8,12-14,16,21-23H,1H2,(H,18,19,24,25)/t12-,13+,14+,16+/m0/s1. The molecule has 9 heteroatoms. The molecule has 3 rings (SSSR count). The Morgan fingerprint density at radius 1 is 1.19 bits per heavy atom. The highest BCUT2D eigenvalue weighted by atomic mass is 16.6. The molecule has 9 nitrogen and oxygen atoms in total. The van der Waals surface area contributed by atoms with E-state index in [1.165, 1.54) is 12.3 Å². The van der Waals surface area contributed by atoms with Gasteiger partial charge in [0.25, 0.3) is 5.91 Å². The maximum Gasteiger partial charge on any atom is 0.351 e. The molecule has 0 radical (unpaired) electrons. The number of aliphatic hydroxyl groups excluding tert-OH is 3. The highest BCUT2D eigenvalue weighted by molar-refractivity contribution is 6.03. The fourth-order valence-corrected chi connectivity index (χ4v) is 2.62. The second kappa shape index (κ2) is 7.08.